The fourth-order valence-electron chi connectivity index (χ4n) is 2.41. The maximum absolute atomic E-state index is 12.0. The molecule has 0 aliphatic carbocycles. The summed E-state index contributed by atoms with van der Waals surface area (Å²) in [7, 11) is 1.69. The summed E-state index contributed by atoms with van der Waals surface area (Å²) in [5, 5.41) is 4.00. The molecule has 0 radical (unpaired) electrons. The Morgan fingerprint density at radius 3 is 2.75 bits per heavy atom. The highest BCUT2D eigenvalue weighted by molar-refractivity contribution is 6.30. The second-order valence-corrected chi connectivity index (χ2v) is 5.71. The first-order valence-electron chi connectivity index (χ1n) is 7.31. The number of nitrogens with zero attached hydrogens (tertiary/aromatic N) is 1. The number of carbonyl (C=O) groups excluding carboxylic acids is 1. The number of benzene rings is 2. The highest BCUT2D eigenvalue weighted by Gasteiger charge is 2.10. The lowest BCUT2D eigenvalue weighted by atomic mass is 10.2. The van der Waals surface area contributed by atoms with E-state index in [0.717, 1.165) is 10.9 Å². The van der Waals surface area contributed by atoms with Crippen molar-refractivity contribution in [2.75, 3.05) is 11.9 Å². The summed E-state index contributed by atoms with van der Waals surface area (Å²) in [6.45, 7) is -0.205. The number of rotatable bonds is 4. The SMILES string of the molecule is Cn1c(=O)cc(OCC(=O)Nc2cccc(Cl)c2)c2ccccc21. The number of aryl methyl sites for hydroxylation is 1. The van der Waals surface area contributed by atoms with E-state index >= 15 is 0 Å². The molecular weight excluding hydrogens is 328 g/mol. The Bertz CT molecular complexity index is 966. The van der Waals surface area contributed by atoms with E-state index in [0.29, 0.717) is 16.5 Å². The number of hydrogen-bond acceptors (Lipinski definition) is 3. The van der Waals surface area contributed by atoms with Crippen molar-refractivity contribution in [1.82, 2.24) is 4.57 Å². The van der Waals surface area contributed by atoms with Gasteiger partial charge in [-0.15, -0.1) is 0 Å². The summed E-state index contributed by atoms with van der Waals surface area (Å²) in [4.78, 5) is 24.0. The standard InChI is InChI=1S/C18H15ClN2O3/c1-21-15-8-3-2-7-14(15)16(10-18(21)23)24-11-17(22)20-13-6-4-5-12(19)9-13/h2-10H,11H2,1H3,(H,20,22). The van der Waals surface area contributed by atoms with E-state index in [1.54, 1.807) is 31.3 Å². The van der Waals surface area contributed by atoms with Gasteiger partial charge in [-0.1, -0.05) is 29.8 Å². The van der Waals surface area contributed by atoms with Crippen LogP contribution in [0.3, 0.4) is 0 Å². The van der Waals surface area contributed by atoms with Crippen molar-refractivity contribution in [2.45, 2.75) is 0 Å². The van der Waals surface area contributed by atoms with Crippen LogP contribution in [-0.2, 0) is 11.8 Å². The minimum absolute atomic E-state index is 0.195. The van der Waals surface area contributed by atoms with E-state index < -0.39 is 0 Å². The van der Waals surface area contributed by atoms with Crippen LogP contribution in [0, 0.1) is 0 Å². The monoisotopic (exact) mass is 342 g/mol. The Balaban J connectivity index is 1.77. The molecule has 6 heteroatoms. The van der Waals surface area contributed by atoms with E-state index in [-0.39, 0.29) is 18.1 Å². The number of anilines is 1. The number of carbonyl (C=O) groups is 1. The lowest BCUT2D eigenvalue weighted by molar-refractivity contribution is -0.118. The zero-order chi connectivity index (χ0) is 17.1. The predicted octanol–water partition coefficient (Wildman–Crippen LogP) is 3.21. The molecule has 0 bridgehead atoms. The Hall–Kier alpha value is -2.79. The van der Waals surface area contributed by atoms with Gasteiger partial charge in [-0.05, 0) is 30.3 Å². The van der Waals surface area contributed by atoms with Crippen LogP contribution < -0.4 is 15.6 Å². The second-order valence-electron chi connectivity index (χ2n) is 5.27. The smallest absolute Gasteiger partial charge is 0.262 e. The van der Waals surface area contributed by atoms with E-state index in [4.69, 9.17) is 16.3 Å². The predicted molar refractivity (Wildman–Crippen MR) is 94.8 cm³/mol. The highest BCUT2D eigenvalue weighted by atomic mass is 35.5. The van der Waals surface area contributed by atoms with Crippen molar-refractivity contribution in [3.05, 3.63) is 70.0 Å². The Labute approximate surface area is 143 Å². The number of hydrogen-bond donors (Lipinski definition) is 1. The third-order valence-electron chi connectivity index (χ3n) is 3.58. The minimum Gasteiger partial charge on any atom is -0.483 e. The molecule has 1 aromatic heterocycles. The van der Waals surface area contributed by atoms with Crippen molar-refractivity contribution in [3.8, 4) is 5.75 Å². The number of pyridine rings is 1. The maximum Gasteiger partial charge on any atom is 0.262 e. The van der Waals surface area contributed by atoms with Crippen molar-refractivity contribution < 1.29 is 9.53 Å². The maximum atomic E-state index is 12.0. The Morgan fingerprint density at radius 2 is 1.96 bits per heavy atom. The molecule has 0 saturated heterocycles. The first-order valence-corrected chi connectivity index (χ1v) is 7.69. The minimum atomic E-state index is -0.331. The number of halogens is 1. The van der Waals surface area contributed by atoms with Gasteiger partial charge in [0.2, 0.25) is 0 Å². The summed E-state index contributed by atoms with van der Waals surface area (Å²) in [6.07, 6.45) is 0. The molecule has 0 aliphatic heterocycles. The zero-order valence-corrected chi connectivity index (χ0v) is 13.7. The van der Waals surface area contributed by atoms with Crippen molar-refractivity contribution in [2.24, 2.45) is 7.05 Å². The van der Waals surface area contributed by atoms with Gasteiger partial charge in [0.1, 0.15) is 5.75 Å². The Kier molecular flexibility index (Phi) is 4.53. The van der Waals surface area contributed by atoms with Crippen LogP contribution in [0.4, 0.5) is 5.69 Å². The van der Waals surface area contributed by atoms with Crippen molar-refractivity contribution in [1.29, 1.82) is 0 Å². The Morgan fingerprint density at radius 1 is 1.17 bits per heavy atom. The quantitative estimate of drug-likeness (QED) is 0.792. The zero-order valence-electron chi connectivity index (χ0n) is 13.0. The summed E-state index contributed by atoms with van der Waals surface area (Å²) in [6, 6.07) is 15.6. The van der Waals surface area contributed by atoms with Gasteiger partial charge in [0, 0.05) is 29.2 Å². The number of amides is 1. The van der Waals surface area contributed by atoms with Gasteiger partial charge in [0.15, 0.2) is 6.61 Å². The molecule has 0 fully saturated rings. The molecular formula is C18H15ClN2O3. The normalized spacial score (nSPS) is 10.6. The molecule has 0 saturated carbocycles. The van der Waals surface area contributed by atoms with Gasteiger partial charge in [0.05, 0.1) is 5.52 Å². The third-order valence-corrected chi connectivity index (χ3v) is 3.82. The van der Waals surface area contributed by atoms with Crippen molar-refractivity contribution >= 4 is 34.1 Å². The van der Waals surface area contributed by atoms with Crippen LogP contribution in [0.5, 0.6) is 5.75 Å². The van der Waals surface area contributed by atoms with Gasteiger partial charge in [-0.2, -0.15) is 0 Å². The van der Waals surface area contributed by atoms with Crippen molar-refractivity contribution in [3.63, 3.8) is 0 Å². The van der Waals surface area contributed by atoms with Gasteiger partial charge in [0.25, 0.3) is 11.5 Å². The molecule has 0 spiro atoms. The molecule has 2 aromatic carbocycles. The molecule has 0 aliphatic rings. The summed E-state index contributed by atoms with van der Waals surface area (Å²) >= 11 is 5.88. The van der Waals surface area contributed by atoms with Gasteiger partial charge in [-0.25, -0.2) is 0 Å². The topological polar surface area (TPSA) is 60.3 Å². The van der Waals surface area contributed by atoms with Crippen LogP contribution in [0.1, 0.15) is 0 Å². The number of para-hydroxylation sites is 1. The van der Waals surface area contributed by atoms with E-state index in [1.165, 1.54) is 10.6 Å². The van der Waals surface area contributed by atoms with Crippen LogP contribution in [-0.4, -0.2) is 17.1 Å². The lowest BCUT2D eigenvalue weighted by Gasteiger charge is -2.11. The van der Waals surface area contributed by atoms with Crippen LogP contribution in [0.2, 0.25) is 5.02 Å². The molecule has 0 atom stereocenters. The second kappa shape index (κ2) is 6.76. The number of fused-ring (bicyclic) bond motifs is 1. The average molecular weight is 343 g/mol. The van der Waals surface area contributed by atoms with Gasteiger partial charge in [-0.3, -0.25) is 9.59 Å². The number of ether oxygens (including phenoxy) is 1. The average Bonchev–Trinajstić information content (AvgIpc) is 2.57. The molecule has 24 heavy (non-hydrogen) atoms. The fourth-order valence-corrected chi connectivity index (χ4v) is 2.60. The van der Waals surface area contributed by atoms with Crippen LogP contribution in [0.15, 0.2) is 59.4 Å². The first kappa shape index (κ1) is 16.1. The summed E-state index contributed by atoms with van der Waals surface area (Å²) in [5.41, 5.74) is 1.14. The third kappa shape index (κ3) is 3.41. The van der Waals surface area contributed by atoms with Crippen LogP contribution >= 0.6 is 11.6 Å². The first-order chi connectivity index (χ1) is 11.5. The molecule has 5 nitrogen and oxygen atoms in total. The summed E-state index contributed by atoms with van der Waals surface area (Å²) in [5.74, 6) is 0.0527. The van der Waals surface area contributed by atoms with E-state index in [9.17, 15) is 9.59 Å². The molecule has 1 heterocycles. The molecule has 3 aromatic rings. The molecule has 3 rings (SSSR count). The largest absolute Gasteiger partial charge is 0.483 e. The molecule has 1 amide bonds. The summed E-state index contributed by atoms with van der Waals surface area (Å²) < 4.78 is 7.10. The fraction of sp³-hybridized carbons (Fsp3) is 0.111. The number of nitrogens with one attached hydrogen (secondary N) is 1. The van der Waals surface area contributed by atoms with Crippen LogP contribution in [0.25, 0.3) is 10.9 Å². The molecule has 1 N–H and O–H groups in total. The van der Waals surface area contributed by atoms with Gasteiger partial charge < -0.3 is 14.6 Å². The van der Waals surface area contributed by atoms with E-state index in [1.807, 2.05) is 24.3 Å². The lowest BCUT2D eigenvalue weighted by Crippen LogP contribution is -2.22. The molecule has 0 unspecified atom stereocenters. The molecule has 122 valence electrons. The number of aromatic nitrogens is 1. The van der Waals surface area contributed by atoms with Gasteiger partial charge >= 0.3 is 0 Å². The highest BCUT2D eigenvalue weighted by Crippen LogP contribution is 2.23. The van der Waals surface area contributed by atoms with E-state index in [2.05, 4.69) is 5.32 Å².